The molecule has 0 spiro atoms. The molecule has 0 aliphatic carbocycles. The molecule has 1 aromatic rings. The largest absolute Gasteiger partial charge is 0.389 e. The number of amides is 1. The Morgan fingerprint density at radius 3 is 2.36 bits per heavy atom. The lowest BCUT2D eigenvalue weighted by Gasteiger charge is -2.22. The lowest BCUT2D eigenvalue weighted by atomic mass is 10.1. The van der Waals surface area contributed by atoms with Crippen molar-refractivity contribution in [2.45, 2.75) is 64.4 Å². The van der Waals surface area contributed by atoms with Crippen molar-refractivity contribution in [1.82, 2.24) is 14.8 Å². The van der Waals surface area contributed by atoms with Crippen molar-refractivity contribution < 1.29 is 37.7 Å². The Hall–Kier alpha value is -1.69. The van der Waals surface area contributed by atoms with E-state index >= 15 is 0 Å². The third-order valence-corrected chi connectivity index (χ3v) is 5.60. The molecule has 1 saturated heterocycles. The van der Waals surface area contributed by atoms with Gasteiger partial charge in [0, 0.05) is 0 Å². The molecule has 1 amide bonds. The van der Waals surface area contributed by atoms with Gasteiger partial charge >= 0.3 is 7.60 Å². The van der Waals surface area contributed by atoms with Crippen LogP contribution < -0.4 is 5.73 Å². The topological polar surface area (TPSA) is 159 Å². The average molecular weight is 422 g/mol. The monoisotopic (exact) mass is 422 g/mol. The van der Waals surface area contributed by atoms with E-state index in [1.54, 1.807) is 27.7 Å². The van der Waals surface area contributed by atoms with Gasteiger partial charge in [-0.25, -0.2) is 9.67 Å². The Bertz CT molecular complexity index is 770. The number of ether oxygens (including phenoxy) is 1. The van der Waals surface area contributed by atoms with Crippen LogP contribution in [0.2, 0.25) is 0 Å². The molecule has 4 N–H and O–H groups in total. The summed E-state index contributed by atoms with van der Waals surface area (Å²) in [4.78, 5) is 14.7. The Balaban J connectivity index is 2.25. The first-order valence-corrected chi connectivity index (χ1v) is 10.1. The molecule has 1 fully saturated rings. The molecule has 13 heteroatoms. The van der Waals surface area contributed by atoms with Gasteiger partial charge in [0.2, 0.25) is 11.4 Å². The molecule has 11 nitrogen and oxygen atoms in total. The molecule has 158 valence electrons. The van der Waals surface area contributed by atoms with Crippen molar-refractivity contribution in [3.63, 3.8) is 0 Å². The second-order valence-corrected chi connectivity index (χ2v) is 8.52. The van der Waals surface area contributed by atoms with Gasteiger partial charge in [-0.2, -0.15) is 4.39 Å². The Labute approximate surface area is 160 Å². The van der Waals surface area contributed by atoms with Crippen LogP contribution in [0.15, 0.2) is 18.0 Å². The zero-order valence-electron chi connectivity index (χ0n) is 15.8. The van der Waals surface area contributed by atoms with E-state index < -0.39 is 55.8 Å². The van der Waals surface area contributed by atoms with Crippen LogP contribution >= 0.6 is 7.60 Å². The highest BCUT2D eigenvalue weighted by Crippen LogP contribution is 2.58. The number of carbonyl (C=O) groups excluding carboxylic acids is 1. The van der Waals surface area contributed by atoms with Crippen LogP contribution in [-0.2, 0) is 18.3 Å². The van der Waals surface area contributed by atoms with Crippen LogP contribution in [0.1, 0.15) is 44.5 Å². The van der Waals surface area contributed by atoms with Crippen LogP contribution in [0.3, 0.4) is 0 Å². The van der Waals surface area contributed by atoms with Crippen LogP contribution in [0.25, 0.3) is 0 Å². The number of carbonyl (C=O) groups is 1. The van der Waals surface area contributed by atoms with E-state index in [-0.39, 0.29) is 5.82 Å². The number of aliphatic hydroxyl groups is 2. The number of hydrogen-bond acceptors (Lipinski definition) is 9. The average Bonchev–Trinajstić information content (AvgIpc) is 3.14. The minimum atomic E-state index is -4.30. The summed E-state index contributed by atoms with van der Waals surface area (Å²) in [6.45, 7) is 6.24. The first-order chi connectivity index (χ1) is 12.9. The predicted molar refractivity (Wildman–Crippen MR) is 93.7 cm³/mol. The van der Waals surface area contributed by atoms with Gasteiger partial charge in [0.25, 0.3) is 5.91 Å². The maximum atomic E-state index is 14.7. The van der Waals surface area contributed by atoms with E-state index in [1.165, 1.54) is 0 Å². The van der Waals surface area contributed by atoms with Crippen molar-refractivity contribution in [2.75, 3.05) is 0 Å². The molecule has 0 aromatic carbocycles. The SMILES string of the molecule is CC(C)OP(=O)(OC(C)C)/C(F)=C/[C@H]1O[C@@H](n2cnc(C(N)=O)n2)[C@H](O)[C@@H]1O. The summed E-state index contributed by atoms with van der Waals surface area (Å²) in [5.74, 6) is -1.22. The fourth-order valence-electron chi connectivity index (χ4n) is 2.46. The number of halogens is 1. The van der Waals surface area contributed by atoms with Gasteiger partial charge in [0.05, 0.1) is 12.2 Å². The molecular weight excluding hydrogens is 398 g/mol. The minimum Gasteiger partial charge on any atom is -0.387 e. The maximum Gasteiger partial charge on any atom is 0.389 e. The number of aliphatic hydroxyl groups excluding tert-OH is 2. The molecular formula is C15H24FN4O7P. The van der Waals surface area contributed by atoms with Crippen LogP contribution in [-0.4, -0.2) is 61.4 Å². The first-order valence-electron chi connectivity index (χ1n) is 8.52. The van der Waals surface area contributed by atoms with E-state index in [0.717, 1.165) is 17.1 Å². The van der Waals surface area contributed by atoms with Gasteiger partial charge in [-0.05, 0) is 33.8 Å². The quantitative estimate of drug-likeness (QED) is 0.516. The van der Waals surface area contributed by atoms with E-state index in [9.17, 15) is 24.0 Å². The number of nitrogens with zero attached hydrogens (tertiary/aromatic N) is 3. The summed E-state index contributed by atoms with van der Waals surface area (Å²) >= 11 is 0. The molecule has 1 aromatic heterocycles. The van der Waals surface area contributed by atoms with E-state index in [1.807, 2.05) is 0 Å². The summed E-state index contributed by atoms with van der Waals surface area (Å²) in [5.41, 5.74) is 3.80. The van der Waals surface area contributed by atoms with Crippen molar-refractivity contribution >= 4 is 13.5 Å². The highest BCUT2D eigenvalue weighted by molar-refractivity contribution is 7.58. The van der Waals surface area contributed by atoms with Crippen LogP contribution in [0.5, 0.6) is 0 Å². The summed E-state index contributed by atoms with van der Waals surface area (Å²) < 4.78 is 44.2. The lowest BCUT2D eigenvalue weighted by Crippen LogP contribution is -2.31. The van der Waals surface area contributed by atoms with Crippen LogP contribution in [0, 0.1) is 0 Å². The summed E-state index contributed by atoms with van der Waals surface area (Å²) in [6, 6.07) is 0. The number of aromatic nitrogens is 3. The molecule has 4 atom stereocenters. The smallest absolute Gasteiger partial charge is 0.387 e. The maximum absolute atomic E-state index is 14.7. The Morgan fingerprint density at radius 1 is 1.32 bits per heavy atom. The van der Waals surface area contributed by atoms with Gasteiger partial charge in [-0.3, -0.25) is 9.36 Å². The number of nitrogens with two attached hydrogens (primary N) is 1. The molecule has 0 bridgehead atoms. The zero-order valence-corrected chi connectivity index (χ0v) is 16.7. The normalized spacial score (nSPS) is 26.4. The van der Waals surface area contributed by atoms with Crippen molar-refractivity contribution in [1.29, 1.82) is 0 Å². The minimum absolute atomic E-state index is 0.323. The molecule has 1 aliphatic heterocycles. The summed E-state index contributed by atoms with van der Waals surface area (Å²) in [6.07, 6.45) is -5.18. The molecule has 0 unspecified atom stereocenters. The van der Waals surface area contributed by atoms with E-state index in [4.69, 9.17) is 19.5 Å². The van der Waals surface area contributed by atoms with E-state index in [0.29, 0.717) is 0 Å². The van der Waals surface area contributed by atoms with Crippen molar-refractivity contribution in [3.8, 4) is 0 Å². The number of rotatable bonds is 8. The lowest BCUT2D eigenvalue weighted by molar-refractivity contribution is -0.0349. The van der Waals surface area contributed by atoms with Gasteiger partial charge < -0.3 is 29.7 Å². The van der Waals surface area contributed by atoms with Gasteiger partial charge in [-0.15, -0.1) is 5.10 Å². The zero-order chi connectivity index (χ0) is 21.2. The molecule has 2 rings (SSSR count). The second kappa shape index (κ2) is 8.76. The summed E-state index contributed by atoms with van der Waals surface area (Å²) in [5, 5.41) is 24.1. The fourth-order valence-corrected chi connectivity index (χ4v) is 4.15. The van der Waals surface area contributed by atoms with Crippen molar-refractivity contribution in [3.05, 3.63) is 23.8 Å². The highest BCUT2D eigenvalue weighted by Gasteiger charge is 2.45. The Morgan fingerprint density at radius 2 is 1.89 bits per heavy atom. The van der Waals surface area contributed by atoms with Gasteiger partial charge in [-0.1, -0.05) is 0 Å². The predicted octanol–water partition coefficient (Wildman–Crippen LogP) is 0.850. The second-order valence-electron chi connectivity index (χ2n) is 6.68. The molecule has 2 heterocycles. The molecule has 1 aliphatic rings. The molecule has 0 saturated carbocycles. The van der Waals surface area contributed by atoms with Gasteiger partial charge in [0.15, 0.2) is 6.23 Å². The highest BCUT2D eigenvalue weighted by atomic mass is 31.2. The van der Waals surface area contributed by atoms with Crippen molar-refractivity contribution in [2.24, 2.45) is 5.73 Å². The Kier molecular flexibility index (Phi) is 7.07. The first kappa shape index (κ1) is 22.6. The number of primary amides is 1. The standard InChI is InChI=1S/C15H24FN4O7P/c1-7(2)26-28(24,27-8(3)4)10(16)5-9-11(21)12(22)15(25-9)20-6-18-14(19-20)13(17)23/h5-9,11-12,15,21-22H,1-4H3,(H2,17,23)/b10-5+/t9-,11-,12-,15-/m1/s1. The van der Waals surface area contributed by atoms with Gasteiger partial charge in [0.1, 0.15) is 24.6 Å². The fraction of sp³-hybridized carbons (Fsp3) is 0.667. The van der Waals surface area contributed by atoms with E-state index in [2.05, 4.69) is 10.1 Å². The third-order valence-electron chi connectivity index (χ3n) is 3.53. The van der Waals surface area contributed by atoms with Crippen LogP contribution in [0.4, 0.5) is 4.39 Å². The third kappa shape index (κ3) is 5.02. The molecule has 28 heavy (non-hydrogen) atoms. The summed E-state index contributed by atoms with van der Waals surface area (Å²) in [7, 11) is -4.30. The number of hydrogen-bond donors (Lipinski definition) is 3. The molecule has 0 radical (unpaired) electrons.